The predicted octanol–water partition coefficient (Wildman–Crippen LogP) is 3.04. The van der Waals surface area contributed by atoms with Crippen molar-refractivity contribution >= 4 is 27.9 Å². The number of amides is 2. The van der Waals surface area contributed by atoms with E-state index < -0.39 is 5.97 Å². The summed E-state index contributed by atoms with van der Waals surface area (Å²) in [6.45, 7) is 4.51. The maximum absolute atomic E-state index is 12.4. The van der Waals surface area contributed by atoms with Crippen molar-refractivity contribution < 1.29 is 14.7 Å². The number of aliphatic carboxylic acids is 1. The summed E-state index contributed by atoms with van der Waals surface area (Å²) in [4.78, 5) is 26.2. The summed E-state index contributed by atoms with van der Waals surface area (Å²) in [6, 6.07) is 7.41. The topological polar surface area (TPSA) is 60.9 Å². The van der Waals surface area contributed by atoms with Gasteiger partial charge in [-0.1, -0.05) is 41.9 Å². The average molecular weight is 357 g/mol. The van der Waals surface area contributed by atoms with Crippen molar-refractivity contribution in [1.82, 2.24) is 9.80 Å². The average Bonchev–Trinajstić information content (AvgIpc) is 2.38. The van der Waals surface area contributed by atoms with E-state index in [1.165, 1.54) is 9.80 Å². The second-order valence-electron chi connectivity index (χ2n) is 5.43. The van der Waals surface area contributed by atoms with Gasteiger partial charge in [0.05, 0.1) is 0 Å². The van der Waals surface area contributed by atoms with E-state index in [2.05, 4.69) is 15.9 Å². The van der Waals surface area contributed by atoms with E-state index in [1.807, 2.05) is 38.1 Å². The normalized spacial score (nSPS) is 10.5. The van der Waals surface area contributed by atoms with E-state index in [0.717, 1.165) is 10.0 Å². The lowest BCUT2D eigenvalue weighted by molar-refractivity contribution is -0.137. The van der Waals surface area contributed by atoms with E-state index in [1.54, 1.807) is 7.05 Å². The molecule has 0 spiro atoms. The maximum atomic E-state index is 12.4. The van der Waals surface area contributed by atoms with Crippen LogP contribution in [0.2, 0.25) is 0 Å². The van der Waals surface area contributed by atoms with Gasteiger partial charge in [0.25, 0.3) is 0 Å². The van der Waals surface area contributed by atoms with Crippen molar-refractivity contribution in [3.8, 4) is 0 Å². The van der Waals surface area contributed by atoms with Crippen molar-refractivity contribution in [3.63, 3.8) is 0 Å². The van der Waals surface area contributed by atoms with Crippen LogP contribution in [0.15, 0.2) is 28.7 Å². The molecule has 0 unspecified atom stereocenters. The Kier molecular flexibility index (Phi) is 6.68. The number of nitrogens with zero attached hydrogens (tertiary/aromatic N) is 2. The monoisotopic (exact) mass is 356 g/mol. The first-order valence-electron chi connectivity index (χ1n) is 6.76. The zero-order valence-corrected chi connectivity index (χ0v) is 14.1. The van der Waals surface area contributed by atoms with Crippen molar-refractivity contribution in [2.75, 3.05) is 20.1 Å². The van der Waals surface area contributed by atoms with Gasteiger partial charge in [-0.2, -0.15) is 0 Å². The Morgan fingerprint density at radius 3 is 2.29 bits per heavy atom. The smallest absolute Gasteiger partial charge is 0.323 e. The van der Waals surface area contributed by atoms with E-state index in [9.17, 15) is 9.59 Å². The molecule has 21 heavy (non-hydrogen) atoms. The first kappa shape index (κ1) is 17.5. The molecule has 6 heteroatoms. The first-order valence-corrected chi connectivity index (χ1v) is 7.55. The number of carboxylic acid groups (broad SMARTS) is 1. The van der Waals surface area contributed by atoms with Crippen molar-refractivity contribution in [1.29, 1.82) is 0 Å². The molecule has 116 valence electrons. The Hall–Kier alpha value is -1.56. The fourth-order valence-corrected chi connectivity index (χ4v) is 2.25. The lowest BCUT2D eigenvalue weighted by Gasteiger charge is -2.28. The third kappa shape index (κ3) is 6.16. The van der Waals surface area contributed by atoms with Crippen LogP contribution in [-0.2, 0) is 11.3 Å². The Labute approximate surface area is 133 Å². The minimum absolute atomic E-state index is 0.217. The van der Waals surface area contributed by atoms with Gasteiger partial charge in [-0.05, 0) is 23.6 Å². The van der Waals surface area contributed by atoms with Gasteiger partial charge < -0.3 is 14.9 Å². The zero-order chi connectivity index (χ0) is 16.0. The van der Waals surface area contributed by atoms with E-state index in [4.69, 9.17) is 5.11 Å². The highest BCUT2D eigenvalue weighted by molar-refractivity contribution is 9.10. The molecule has 0 aliphatic heterocycles. The van der Waals surface area contributed by atoms with Crippen LogP contribution in [0, 0.1) is 5.92 Å². The minimum atomic E-state index is -0.999. The molecular formula is C15H21BrN2O3. The first-order chi connectivity index (χ1) is 9.79. The highest BCUT2D eigenvalue weighted by atomic mass is 79.9. The molecule has 2 amide bonds. The standard InChI is InChI=1S/C15H21BrN2O3/c1-11(2)8-18(10-14(19)20)15(21)17(3)9-12-4-6-13(16)7-5-12/h4-7,11H,8-10H2,1-3H3,(H,19,20). The summed E-state index contributed by atoms with van der Waals surface area (Å²) in [6.07, 6.45) is 0. The number of rotatable bonds is 6. The Morgan fingerprint density at radius 1 is 1.24 bits per heavy atom. The molecule has 0 radical (unpaired) electrons. The number of halogens is 1. The van der Waals surface area contributed by atoms with Gasteiger partial charge in [0.15, 0.2) is 0 Å². The molecule has 1 aromatic carbocycles. The molecule has 0 saturated heterocycles. The molecule has 1 rings (SSSR count). The maximum Gasteiger partial charge on any atom is 0.323 e. The summed E-state index contributed by atoms with van der Waals surface area (Å²) in [5, 5.41) is 8.93. The van der Waals surface area contributed by atoms with Crippen LogP contribution in [0.3, 0.4) is 0 Å². The number of hydrogen-bond donors (Lipinski definition) is 1. The van der Waals surface area contributed by atoms with Gasteiger partial charge >= 0.3 is 12.0 Å². The molecule has 0 aromatic heterocycles. The largest absolute Gasteiger partial charge is 0.480 e. The molecule has 1 N–H and O–H groups in total. The molecule has 0 atom stereocenters. The van der Waals surface area contributed by atoms with E-state index in [-0.39, 0.29) is 18.5 Å². The number of benzene rings is 1. The van der Waals surface area contributed by atoms with Crippen LogP contribution in [0.4, 0.5) is 4.79 Å². The fourth-order valence-electron chi connectivity index (χ4n) is 1.99. The summed E-state index contributed by atoms with van der Waals surface area (Å²) >= 11 is 3.36. The molecule has 1 aromatic rings. The van der Waals surface area contributed by atoms with E-state index >= 15 is 0 Å². The fraction of sp³-hybridized carbons (Fsp3) is 0.467. The third-order valence-electron chi connectivity index (χ3n) is 2.84. The molecule has 5 nitrogen and oxygen atoms in total. The van der Waals surface area contributed by atoms with Crippen molar-refractivity contribution in [2.45, 2.75) is 20.4 Å². The summed E-state index contributed by atoms with van der Waals surface area (Å²) in [7, 11) is 1.68. The lowest BCUT2D eigenvalue weighted by Crippen LogP contribution is -2.45. The van der Waals surface area contributed by atoms with Crippen LogP contribution in [0.25, 0.3) is 0 Å². The zero-order valence-electron chi connectivity index (χ0n) is 12.5. The number of carboxylic acids is 1. The molecular weight excluding hydrogens is 336 g/mol. The lowest BCUT2D eigenvalue weighted by atomic mass is 10.2. The summed E-state index contributed by atoms with van der Waals surface area (Å²) in [5.74, 6) is -0.782. The predicted molar refractivity (Wildman–Crippen MR) is 85.1 cm³/mol. The second-order valence-corrected chi connectivity index (χ2v) is 6.35. The quantitative estimate of drug-likeness (QED) is 0.851. The van der Waals surface area contributed by atoms with Crippen LogP contribution in [0.5, 0.6) is 0 Å². The highest BCUT2D eigenvalue weighted by Gasteiger charge is 2.21. The van der Waals surface area contributed by atoms with Gasteiger partial charge in [-0.15, -0.1) is 0 Å². The third-order valence-corrected chi connectivity index (χ3v) is 3.37. The van der Waals surface area contributed by atoms with Crippen LogP contribution in [0.1, 0.15) is 19.4 Å². The van der Waals surface area contributed by atoms with Gasteiger partial charge in [0, 0.05) is 24.6 Å². The Balaban J connectivity index is 2.72. The van der Waals surface area contributed by atoms with Gasteiger partial charge in [0.1, 0.15) is 6.54 Å². The Morgan fingerprint density at radius 2 is 1.81 bits per heavy atom. The Bertz CT molecular complexity index is 488. The molecule has 0 aliphatic carbocycles. The molecule has 0 bridgehead atoms. The van der Waals surface area contributed by atoms with Crippen molar-refractivity contribution in [2.24, 2.45) is 5.92 Å². The molecule has 0 fully saturated rings. The molecule has 0 aliphatic rings. The second kappa shape index (κ2) is 8.02. The van der Waals surface area contributed by atoms with Crippen molar-refractivity contribution in [3.05, 3.63) is 34.3 Å². The molecule has 0 saturated carbocycles. The number of carbonyl (C=O) groups excluding carboxylic acids is 1. The van der Waals surface area contributed by atoms with Gasteiger partial charge in [0.2, 0.25) is 0 Å². The van der Waals surface area contributed by atoms with Gasteiger partial charge in [-0.25, -0.2) is 4.79 Å². The van der Waals surface area contributed by atoms with Crippen LogP contribution < -0.4 is 0 Å². The number of urea groups is 1. The van der Waals surface area contributed by atoms with E-state index in [0.29, 0.717) is 13.1 Å². The summed E-state index contributed by atoms with van der Waals surface area (Å²) in [5.41, 5.74) is 0.994. The van der Waals surface area contributed by atoms with Crippen LogP contribution in [-0.4, -0.2) is 47.0 Å². The minimum Gasteiger partial charge on any atom is -0.480 e. The summed E-state index contributed by atoms with van der Waals surface area (Å²) < 4.78 is 0.979. The number of hydrogen-bond acceptors (Lipinski definition) is 2. The SMILES string of the molecule is CC(C)CN(CC(=O)O)C(=O)N(C)Cc1ccc(Br)cc1. The van der Waals surface area contributed by atoms with Gasteiger partial charge in [-0.3, -0.25) is 4.79 Å². The highest BCUT2D eigenvalue weighted by Crippen LogP contribution is 2.13. The van der Waals surface area contributed by atoms with Crippen LogP contribution >= 0.6 is 15.9 Å². The number of carbonyl (C=O) groups is 2. The molecule has 0 heterocycles.